The van der Waals surface area contributed by atoms with Crippen LogP contribution >= 0.6 is 0 Å². The Bertz CT molecular complexity index is 442. The smallest absolute Gasteiger partial charge is 0.254 e. The van der Waals surface area contributed by atoms with E-state index in [1.165, 1.54) is 0 Å². The van der Waals surface area contributed by atoms with Crippen LogP contribution in [0, 0.1) is 0 Å². The molecule has 0 atom stereocenters. The molecule has 1 fully saturated rings. The summed E-state index contributed by atoms with van der Waals surface area (Å²) in [5.74, 6) is 0.767. The Labute approximate surface area is 119 Å². The number of hydrogen-bond acceptors (Lipinski definition) is 4. The van der Waals surface area contributed by atoms with Gasteiger partial charge in [-0.05, 0) is 24.6 Å². The lowest BCUT2D eigenvalue weighted by Crippen LogP contribution is -2.48. The second-order valence-electron chi connectivity index (χ2n) is 4.94. The number of nitrogens with zero attached hydrogens (tertiary/aromatic N) is 2. The SMILES string of the molecule is COc1cccc(C(=O)N2CCN(CCCO)CC2)c1. The fraction of sp³-hybridized carbons (Fsp3) is 0.533. The largest absolute Gasteiger partial charge is 0.497 e. The molecule has 1 aliphatic rings. The molecule has 5 nitrogen and oxygen atoms in total. The van der Waals surface area contributed by atoms with E-state index >= 15 is 0 Å². The molecule has 0 spiro atoms. The topological polar surface area (TPSA) is 53.0 Å². The van der Waals surface area contributed by atoms with E-state index in [1.807, 2.05) is 23.1 Å². The van der Waals surface area contributed by atoms with Crippen molar-refractivity contribution in [3.8, 4) is 5.75 Å². The predicted molar refractivity (Wildman–Crippen MR) is 77.0 cm³/mol. The van der Waals surface area contributed by atoms with E-state index in [2.05, 4.69) is 4.90 Å². The van der Waals surface area contributed by atoms with Gasteiger partial charge in [-0.25, -0.2) is 0 Å². The second-order valence-corrected chi connectivity index (χ2v) is 4.94. The Balaban J connectivity index is 1.91. The number of rotatable bonds is 5. The maximum Gasteiger partial charge on any atom is 0.254 e. The van der Waals surface area contributed by atoms with Crippen LogP contribution in [0.2, 0.25) is 0 Å². The van der Waals surface area contributed by atoms with E-state index < -0.39 is 0 Å². The van der Waals surface area contributed by atoms with E-state index in [9.17, 15) is 4.79 Å². The maximum atomic E-state index is 12.4. The quantitative estimate of drug-likeness (QED) is 0.867. The minimum absolute atomic E-state index is 0.0608. The highest BCUT2D eigenvalue weighted by Gasteiger charge is 2.21. The van der Waals surface area contributed by atoms with Crippen molar-refractivity contribution in [2.24, 2.45) is 0 Å². The van der Waals surface area contributed by atoms with Crippen LogP contribution in [0.5, 0.6) is 5.75 Å². The lowest BCUT2D eigenvalue weighted by Gasteiger charge is -2.34. The van der Waals surface area contributed by atoms with Crippen molar-refractivity contribution in [3.63, 3.8) is 0 Å². The third-order valence-corrected chi connectivity index (χ3v) is 3.61. The van der Waals surface area contributed by atoms with E-state index in [0.717, 1.165) is 39.1 Å². The second kappa shape index (κ2) is 7.26. The van der Waals surface area contributed by atoms with Gasteiger partial charge in [0, 0.05) is 44.9 Å². The summed E-state index contributed by atoms with van der Waals surface area (Å²) in [6.45, 7) is 4.34. The van der Waals surface area contributed by atoms with Crippen LogP contribution in [0.1, 0.15) is 16.8 Å². The number of amides is 1. The molecule has 0 bridgehead atoms. The molecule has 5 heteroatoms. The van der Waals surface area contributed by atoms with Crippen LogP contribution in [0.4, 0.5) is 0 Å². The first-order valence-corrected chi connectivity index (χ1v) is 7.01. The van der Waals surface area contributed by atoms with Crippen LogP contribution in [-0.4, -0.2) is 67.3 Å². The molecule has 2 rings (SSSR count). The van der Waals surface area contributed by atoms with Crippen molar-refractivity contribution >= 4 is 5.91 Å². The molecule has 110 valence electrons. The number of carbonyl (C=O) groups excluding carboxylic acids is 1. The molecule has 1 aliphatic heterocycles. The lowest BCUT2D eigenvalue weighted by molar-refractivity contribution is 0.0628. The van der Waals surface area contributed by atoms with Crippen LogP contribution in [0.3, 0.4) is 0 Å². The highest BCUT2D eigenvalue weighted by molar-refractivity contribution is 5.94. The van der Waals surface area contributed by atoms with Crippen LogP contribution in [0.25, 0.3) is 0 Å². The minimum atomic E-state index is 0.0608. The van der Waals surface area contributed by atoms with Crippen molar-refractivity contribution in [2.45, 2.75) is 6.42 Å². The molecule has 0 radical (unpaired) electrons. The zero-order valence-electron chi connectivity index (χ0n) is 11.9. The number of benzene rings is 1. The Morgan fingerprint density at radius 1 is 1.30 bits per heavy atom. The average molecular weight is 278 g/mol. The van der Waals surface area contributed by atoms with Crippen molar-refractivity contribution < 1.29 is 14.6 Å². The molecular weight excluding hydrogens is 256 g/mol. The summed E-state index contributed by atoms with van der Waals surface area (Å²) in [6, 6.07) is 7.27. The van der Waals surface area contributed by atoms with E-state index in [-0.39, 0.29) is 12.5 Å². The Morgan fingerprint density at radius 2 is 2.05 bits per heavy atom. The summed E-state index contributed by atoms with van der Waals surface area (Å²) in [4.78, 5) is 16.6. The van der Waals surface area contributed by atoms with Gasteiger partial charge in [0.05, 0.1) is 7.11 Å². The van der Waals surface area contributed by atoms with Crippen molar-refractivity contribution in [1.29, 1.82) is 0 Å². The molecule has 0 saturated carbocycles. The van der Waals surface area contributed by atoms with Crippen LogP contribution in [0.15, 0.2) is 24.3 Å². The summed E-state index contributed by atoms with van der Waals surface area (Å²) < 4.78 is 5.15. The van der Waals surface area contributed by atoms with Gasteiger partial charge in [0.25, 0.3) is 5.91 Å². The summed E-state index contributed by atoms with van der Waals surface area (Å²) in [7, 11) is 1.60. The van der Waals surface area contributed by atoms with Gasteiger partial charge in [0.2, 0.25) is 0 Å². The van der Waals surface area contributed by atoms with Crippen molar-refractivity contribution in [1.82, 2.24) is 9.80 Å². The van der Waals surface area contributed by atoms with E-state index in [4.69, 9.17) is 9.84 Å². The van der Waals surface area contributed by atoms with Gasteiger partial charge >= 0.3 is 0 Å². The highest BCUT2D eigenvalue weighted by Crippen LogP contribution is 2.15. The Hall–Kier alpha value is -1.59. The molecule has 1 amide bonds. The highest BCUT2D eigenvalue weighted by atomic mass is 16.5. The first kappa shape index (κ1) is 14.8. The molecule has 1 aromatic carbocycles. The number of hydrogen-bond donors (Lipinski definition) is 1. The Morgan fingerprint density at radius 3 is 2.70 bits per heavy atom. The summed E-state index contributed by atoms with van der Waals surface area (Å²) in [5, 5.41) is 8.83. The number of carbonyl (C=O) groups is 1. The third-order valence-electron chi connectivity index (χ3n) is 3.61. The number of aliphatic hydroxyl groups excluding tert-OH is 1. The van der Waals surface area contributed by atoms with Gasteiger partial charge in [0.15, 0.2) is 0 Å². The molecule has 20 heavy (non-hydrogen) atoms. The first-order chi connectivity index (χ1) is 9.74. The maximum absolute atomic E-state index is 12.4. The number of methoxy groups -OCH3 is 1. The monoisotopic (exact) mass is 278 g/mol. The standard InChI is InChI=1S/C15H22N2O3/c1-20-14-5-2-4-13(12-14)15(19)17-9-7-16(8-10-17)6-3-11-18/h2,4-5,12,18H,3,6-11H2,1H3. The van der Waals surface area contributed by atoms with Crippen molar-refractivity contribution in [3.05, 3.63) is 29.8 Å². The fourth-order valence-electron chi connectivity index (χ4n) is 2.41. The Kier molecular flexibility index (Phi) is 5.38. The average Bonchev–Trinajstić information content (AvgIpc) is 2.52. The third kappa shape index (κ3) is 3.71. The van der Waals surface area contributed by atoms with E-state index in [1.54, 1.807) is 13.2 Å². The normalized spacial score (nSPS) is 16.2. The minimum Gasteiger partial charge on any atom is -0.497 e. The predicted octanol–water partition coefficient (Wildman–Crippen LogP) is 0.835. The summed E-state index contributed by atoms with van der Waals surface area (Å²) in [6.07, 6.45) is 0.795. The van der Waals surface area contributed by atoms with E-state index in [0.29, 0.717) is 11.3 Å². The van der Waals surface area contributed by atoms with Gasteiger partial charge < -0.3 is 14.7 Å². The molecule has 0 aromatic heterocycles. The molecule has 0 aliphatic carbocycles. The molecule has 1 aromatic rings. The summed E-state index contributed by atoms with van der Waals surface area (Å²) in [5.41, 5.74) is 0.674. The molecule has 1 saturated heterocycles. The lowest BCUT2D eigenvalue weighted by atomic mass is 10.1. The number of ether oxygens (including phenoxy) is 1. The number of aliphatic hydroxyl groups is 1. The van der Waals surface area contributed by atoms with Gasteiger partial charge in [0.1, 0.15) is 5.75 Å². The first-order valence-electron chi connectivity index (χ1n) is 7.01. The molecule has 1 heterocycles. The van der Waals surface area contributed by atoms with Crippen LogP contribution in [-0.2, 0) is 0 Å². The van der Waals surface area contributed by atoms with Crippen molar-refractivity contribution in [2.75, 3.05) is 46.4 Å². The zero-order chi connectivity index (χ0) is 14.4. The molecular formula is C15H22N2O3. The summed E-state index contributed by atoms with van der Waals surface area (Å²) >= 11 is 0. The van der Waals surface area contributed by atoms with Gasteiger partial charge in [-0.2, -0.15) is 0 Å². The van der Waals surface area contributed by atoms with Gasteiger partial charge in [-0.15, -0.1) is 0 Å². The fourth-order valence-corrected chi connectivity index (χ4v) is 2.41. The zero-order valence-corrected chi connectivity index (χ0v) is 11.9. The molecule has 0 unspecified atom stereocenters. The van der Waals surface area contributed by atoms with Crippen LogP contribution < -0.4 is 4.74 Å². The molecule has 1 N–H and O–H groups in total. The van der Waals surface area contributed by atoms with Gasteiger partial charge in [-0.3, -0.25) is 9.69 Å². The number of piperazine rings is 1. The van der Waals surface area contributed by atoms with Gasteiger partial charge in [-0.1, -0.05) is 6.07 Å².